The second-order valence-electron chi connectivity index (χ2n) is 7.47. The lowest BCUT2D eigenvalue weighted by Gasteiger charge is -2.39. The van der Waals surface area contributed by atoms with Gasteiger partial charge in [-0.05, 0) is 38.2 Å². The molecule has 0 bridgehead atoms. The van der Waals surface area contributed by atoms with Gasteiger partial charge in [0.15, 0.2) is 0 Å². The van der Waals surface area contributed by atoms with Gasteiger partial charge < -0.3 is 10.2 Å². The summed E-state index contributed by atoms with van der Waals surface area (Å²) in [6.45, 7) is 3.76. The fraction of sp³-hybridized carbons (Fsp3) is 0.737. The van der Waals surface area contributed by atoms with Gasteiger partial charge in [-0.15, -0.1) is 0 Å². The van der Waals surface area contributed by atoms with E-state index < -0.39 is 0 Å². The van der Waals surface area contributed by atoms with Crippen molar-refractivity contribution in [2.45, 2.75) is 70.9 Å². The summed E-state index contributed by atoms with van der Waals surface area (Å²) in [5.74, 6) is 0.168. The van der Waals surface area contributed by atoms with Gasteiger partial charge >= 0.3 is 0 Å². The highest BCUT2D eigenvalue weighted by atomic mass is 16.2. The zero-order valence-corrected chi connectivity index (χ0v) is 15.2. The summed E-state index contributed by atoms with van der Waals surface area (Å²) >= 11 is 0. The molecule has 1 saturated carbocycles. The first-order valence-corrected chi connectivity index (χ1v) is 9.71. The smallest absolute Gasteiger partial charge is 0.244 e. The van der Waals surface area contributed by atoms with Gasteiger partial charge in [0.1, 0.15) is 6.54 Å². The van der Waals surface area contributed by atoms with Crippen molar-refractivity contribution < 1.29 is 9.59 Å². The average molecular weight is 346 g/mol. The van der Waals surface area contributed by atoms with E-state index in [1.807, 2.05) is 18.0 Å². The standard InChI is InChI=1S/C19H30N4O2/c1-15-12-21-22(13-15)14-18(24)23-11-7-3-2-6-10-20-19(25)16-8-4-5-9-17(16)23/h12-13,16-17H,2-11,14H2,1H3,(H,20,25)/t16-,17+/m1/s1. The second kappa shape index (κ2) is 8.50. The number of carbonyl (C=O) groups excluding carboxylic acids is 2. The molecule has 2 amide bonds. The first-order chi connectivity index (χ1) is 12.1. The number of hydrogen-bond donors (Lipinski definition) is 1. The summed E-state index contributed by atoms with van der Waals surface area (Å²) in [5, 5.41) is 7.35. The molecule has 2 atom stereocenters. The average Bonchev–Trinajstić information content (AvgIpc) is 3.00. The first kappa shape index (κ1) is 18.0. The molecule has 6 nitrogen and oxygen atoms in total. The Hall–Kier alpha value is -1.85. The molecule has 0 unspecified atom stereocenters. The van der Waals surface area contributed by atoms with Crippen molar-refractivity contribution in [1.82, 2.24) is 20.0 Å². The third kappa shape index (κ3) is 4.61. The first-order valence-electron chi connectivity index (χ1n) is 9.71. The van der Waals surface area contributed by atoms with Crippen LogP contribution in [0.1, 0.15) is 56.9 Å². The fourth-order valence-electron chi connectivity index (χ4n) is 4.15. The summed E-state index contributed by atoms with van der Waals surface area (Å²) in [4.78, 5) is 27.7. The van der Waals surface area contributed by atoms with Gasteiger partial charge in [0.05, 0.1) is 12.1 Å². The van der Waals surface area contributed by atoms with E-state index in [9.17, 15) is 9.59 Å². The lowest BCUT2D eigenvalue weighted by Crippen LogP contribution is -2.51. The van der Waals surface area contributed by atoms with E-state index >= 15 is 0 Å². The minimum Gasteiger partial charge on any atom is -0.356 e. The van der Waals surface area contributed by atoms with Crippen LogP contribution in [0, 0.1) is 12.8 Å². The molecule has 0 radical (unpaired) electrons. The Kier molecular flexibility index (Phi) is 6.10. The lowest BCUT2D eigenvalue weighted by atomic mass is 9.82. The number of carbonyl (C=O) groups is 2. The Balaban J connectivity index is 1.78. The van der Waals surface area contributed by atoms with E-state index in [4.69, 9.17) is 0 Å². The van der Waals surface area contributed by atoms with Crippen LogP contribution < -0.4 is 5.32 Å². The quantitative estimate of drug-likeness (QED) is 0.893. The predicted molar refractivity (Wildman–Crippen MR) is 95.9 cm³/mol. The highest BCUT2D eigenvalue weighted by Gasteiger charge is 2.36. The minimum atomic E-state index is -0.0600. The maximum absolute atomic E-state index is 13.0. The van der Waals surface area contributed by atoms with Crippen LogP contribution in [-0.2, 0) is 16.1 Å². The molecule has 1 N–H and O–H groups in total. The molecule has 1 saturated heterocycles. The van der Waals surface area contributed by atoms with Crippen LogP contribution in [0.15, 0.2) is 12.4 Å². The third-order valence-corrected chi connectivity index (χ3v) is 5.47. The van der Waals surface area contributed by atoms with Gasteiger partial charge in [-0.3, -0.25) is 14.3 Å². The number of amides is 2. The number of aromatic nitrogens is 2. The Morgan fingerprint density at radius 2 is 2.00 bits per heavy atom. The molecular formula is C19H30N4O2. The number of fused-ring (bicyclic) bond motifs is 1. The third-order valence-electron chi connectivity index (χ3n) is 5.47. The number of nitrogens with one attached hydrogen (secondary N) is 1. The van der Waals surface area contributed by atoms with Crippen molar-refractivity contribution in [1.29, 1.82) is 0 Å². The molecule has 6 heteroatoms. The Morgan fingerprint density at radius 3 is 2.80 bits per heavy atom. The van der Waals surface area contributed by atoms with Crippen molar-refractivity contribution in [3.63, 3.8) is 0 Å². The van der Waals surface area contributed by atoms with E-state index in [2.05, 4.69) is 10.4 Å². The zero-order valence-electron chi connectivity index (χ0n) is 15.2. The lowest BCUT2D eigenvalue weighted by molar-refractivity contribution is -0.139. The normalized spacial score (nSPS) is 25.6. The molecule has 1 aromatic heterocycles. The summed E-state index contributed by atoms with van der Waals surface area (Å²) in [6, 6.07) is 0.0380. The maximum atomic E-state index is 13.0. The number of nitrogens with zero attached hydrogens (tertiary/aromatic N) is 3. The summed E-state index contributed by atoms with van der Waals surface area (Å²) in [6.07, 6.45) is 11.9. The molecule has 2 heterocycles. The van der Waals surface area contributed by atoms with Gasteiger partial charge in [-0.25, -0.2) is 0 Å². The predicted octanol–water partition coefficient (Wildman–Crippen LogP) is 2.27. The maximum Gasteiger partial charge on any atom is 0.244 e. The Bertz CT molecular complexity index is 598. The number of hydrogen-bond acceptors (Lipinski definition) is 3. The summed E-state index contributed by atoms with van der Waals surface area (Å²) < 4.78 is 1.71. The van der Waals surface area contributed by atoms with Crippen LogP contribution in [0.25, 0.3) is 0 Å². The monoisotopic (exact) mass is 346 g/mol. The highest BCUT2D eigenvalue weighted by Crippen LogP contribution is 2.30. The zero-order chi connectivity index (χ0) is 17.6. The second-order valence-corrected chi connectivity index (χ2v) is 7.47. The van der Waals surface area contributed by atoms with E-state index in [1.165, 1.54) is 0 Å². The van der Waals surface area contributed by atoms with Crippen molar-refractivity contribution >= 4 is 11.8 Å². The highest BCUT2D eigenvalue weighted by molar-refractivity contribution is 5.81. The van der Waals surface area contributed by atoms with Gasteiger partial charge in [-0.2, -0.15) is 5.10 Å². The van der Waals surface area contributed by atoms with Crippen LogP contribution in [0.3, 0.4) is 0 Å². The molecule has 138 valence electrons. The Labute approximate surface area is 149 Å². The van der Waals surface area contributed by atoms with E-state index in [1.54, 1.807) is 10.9 Å². The molecule has 1 aromatic rings. The summed E-state index contributed by atoms with van der Waals surface area (Å²) in [5.41, 5.74) is 1.06. The van der Waals surface area contributed by atoms with Crippen LogP contribution in [0.4, 0.5) is 0 Å². The van der Waals surface area contributed by atoms with Gasteiger partial charge in [0.2, 0.25) is 11.8 Å². The molecule has 0 spiro atoms. The van der Waals surface area contributed by atoms with Gasteiger partial charge in [0.25, 0.3) is 0 Å². The fourth-order valence-corrected chi connectivity index (χ4v) is 4.15. The molecular weight excluding hydrogens is 316 g/mol. The van der Waals surface area contributed by atoms with E-state index in [0.717, 1.165) is 70.0 Å². The largest absolute Gasteiger partial charge is 0.356 e. The van der Waals surface area contributed by atoms with Crippen LogP contribution in [-0.4, -0.2) is 45.6 Å². The molecule has 3 rings (SSSR count). The molecule has 25 heavy (non-hydrogen) atoms. The molecule has 2 aliphatic rings. The molecule has 0 aromatic carbocycles. The number of aryl methyl sites for hydroxylation is 1. The molecule has 1 aliphatic carbocycles. The van der Waals surface area contributed by atoms with Crippen LogP contribution >= 0.6 is 0 Å². The van der Waals surface area contributed by atoms with Crippen LogP contribution in [0.2, 0.25) is 0 Å². The van der Waals surface area contributed by atoms with Crippen molar-refractivity contribution in [2.75, 3.05) is 13.1 Å². The van der Waals surface area contributed by atoms with Gasteiger partial charge in [0, 0.05) is 25.3 Å². The molecule has 1 aliphatic heterocycles. The van der Waals surface area contributed by atoms with Crippen molar-refractivity contribution in [3.05, 3.63) is 18.0 Å². The van der Waals surface area contributed by atoms with Gasteiger partial charge in [-0.1, -0.05) is 25.7 Å². The van der Waals surface area contributed by atoms with Crippen molar-refractivity contribution in [3.8, 4) is 0 Å². The molecule has 2 fully saturated rings. The SMILES string of the molecule is Cc1cnn(CC(=O)N2CCCCCCNC(=O)[C@@H]3CCCC[C@@H]32)c1. The van der Waals surface area contributed by atoms with Crippen LogP contribution in [0.5, 0.6) is 0 Å². The topological polar surface area (TPSA) is 67.2 Å². The van der Waals surface area contributed by atoms with Crippen molar-refractivity contribution in [2.24, 2.45) is 5.92 Å². The minimum absolute atomic E-state index is 0.0380. The van der Waals surface area contributed by atoms with E-state index in [0.29, 0.717) is 0 Å². The summed E-state index contributed by atoms with van der Waals surface area (Å²) in [7, 11) is 0. The van der Waals surface area contributed by atoms with E-state index in [-0.39, 0.29) is 30.3 Å². The Morgan fingerprint density at radius 1 is 1.20 bits per heavy atom. The number of rotatable bonds is 2.